The molecule has 0 saturated heterocycles. The summed E-state index contributed by atoms with van der Waals surface area (Å²) in [7, 11) is 0. The van der Waals surface area contributed by atoms with Crippen LogP contribution in [-0.2, 0) is 0 Å². The first kappa shape index (κ1) is 12.5. The summed E-state index contributed by atoms with van der Waals surface area (Å²) in [5.74, 6) is 2.57. The lowest BCUT2D eigenvalue weighted by Gasteiger charge is -2.15. The molecule has 2 aromatic rings. The van der Waals surface area contributed by atoms with E-state index < -0.39 is 0 Å². The Balaban J connectivity index is 2.23. The average molecular weight is 245 g/mol. The number of nitrogens with two attached hydrogens (primary N) is 1. The lowest BCUT2D eigenvalue weighted by molar-refractivity contribution is 0.500. The van der Waals surface area contributed by atoms with Crippen molar-refractivity contribution >= 4 is 11.5 Å². The van der Waals surface area contributed by atoms with E-state index in [1.165, 1.54) is 0 Å². The van der Waals surface area contributed by atoms with Crippen LogP contribution in [0.25, 0.3) is 0 Å². The first-order valence-corrected chi connectivity index (χ1v) is 6.04. The van der Waals surface area contributed by atoms with E-state index in [2.05, 4.69) is 17.2 Å². The molecule has 2 heterocycles. The molecule has 0 aliphatic heterocycles. The molecule has 1 unspecified atom stereocenters. The Hall–Kier alpha value is -1.97. The van der Waals surface area contributed by atoms with E-state index in [1.54, 1.807) is 0 Å². The summed E-state index contributed by atoms with van der Waals surface area (Å²) >= 11 is 0. The van der Waals surface area contributed by atoms with Crippen molar-refractivity contribution in [3.05, 3.63) is 41.0 Å². The molecule has 0 fully saturated rings. The van der Waals surface area contributed by atoms with Crippen molar-refractivity contribution < 1.29 is 4.42 Å². The lowest BCUT2D eigenvalue weighted by Crippen LogP contribution is -2.10. The third-order valence-electron chi connectivity index (χ3n) is 2.96. The van der Waals surface area contributed by atoms with Crippen molar-refractivity contribution in [3.63, 3.8) is 0 Å². The van der Waals surface area contributed by atoms with Crippen LogP contribution in [0.5, 0.6) is 0 Å². The zero-order valence-corrected chi connectivity index (χ0v) is 11.2. The SMILES string of the molecule is Cc1ccc(N)c(NC(C)c2cc(C)oc2C)n1. The maximum Gasteiger partial charge on any atom is 0.149 e. The number of aryl methyl sites for hydroxylation is 3. The van der Waals surface area contributed by atoms with Gasteiger partial charge in [-0.15, -0.1) is 0 Å². The number of pyridine rings is 1. The summed E-state index contributed by atoms with van der Waals surface area (Å²) in [6.45, 7) is 7.93. The number of hydrogen-bond donors (Lipinski definition) is 2. The molecular weight excluding hydrogens is 226 g/mol. The molecule has 0 bridgehead atoms. The quantitative estimate of drug-likeness (QED) is 0.870. The fraction of sp³-hybridized carbons (Fsp3) is 0.357. The summed E-state index contributed by atoms with van der Waals surface area (Å²) in [6, 6.07) is 5.92. The summed E-state index contributed by atoms with van der Waals surface area (Å²) in [5, 5.41) is 3.33. The largest absolute Gasteiger partial charge is 0.466 e. The van der Waals surface area contributed by atoms with Gasteiger partial charge in [-0.1, -0.05) is 0 Å². The molecule has 0 aliphatic rings. The van der Waals surface area contributed by atoms with Gasteiger partial charge < -0.3 is 15.5 Å². The number of nitrogen functional groups attached to an aromatic ring is 1. The zero-order chi connectivity index (χ0) is 13.3. The minimum absolute atomic E-state index is 0.110. The summed E-state index contributed by atoms with van der Waals surface area (Å²) in [4.78, 5) is 4.41. The number of anilines is 2. The maximum absolute atomic E-state index is 5.91. The molecular formula is C14H19N3O. The van der Waals surface area contributed by atoms with Gasteiger partial charge in [-0.25, -0.2) is 4.98 Å². The van der Waals surface area contributed by atoms with Gasteiger partial charge in [0.1, 0.15) is 17.3 Å². The van der Waals surface area contributed by atoms with Crippen molar-refractivity contribution in [1.29, 1.82) is 0 Å². The van der Waals surface area contributed by atoms with Gasteiger partial charge in [0.2, 0.25) is 0 Å². The van der Waals surface area contributed by atoms with Crippen molar-refractivity contribution in [2.24, 2.45) is 0 Å². The van der Waals surface area contributed by atoms with Gasteiger partial charge in [0, 0.05) is 11.3 Å². The molecule has 96 valence electrons. The van der Waals surface area contributed by atoms with Gasteiger partial charge in [-0.3, -0.25) is 0 Å². The minimum atomic E-state index is 0.110. The molecule has 0 amide bonds. The molecule has 0 spiro atoms. The highest BCUT2D eigenvalue weighted by molar-refractivity contribution is 5.62. The molecule has 2 rings (SSSR count). The Morgan fingerprint density at radius 3 is 2.61 bits per heavy atom. The molecule has 18 heavy (non-hydrogen) atoms. The van der Waals surface area contributed by atoms with Crippen molar-refractivity contribution in [2.45, 2.75) is 33.7 Å². The molecule has 4 heteroatoms. The van der Waals surface area contributed by atoms with Gasteiger partial charge in [0.25, 0.3) is 0 Å². The van der Waals surface area contributed by atoms with Crippen LogP contribution in [0.3, 0.4) is 0 Å². The smallest absolute Gasteiger partial charge is 0.149 e. The number of rotatable bonds is 3. The Morgan fingerprint density at radius 2 is 2.00 bits per heavy atom. The van der Waals surface area contributed by atoms with Crippen molar-refractivity contribution in [2.75, 3.05) is 11.1 Å². The van der Waals surface area contributed by atoms with E-state index in [-0.39, 0.29) is 6.04 Å². The Bertz CT molecular complexity index is 560. The Morgan fingerprint density at radius 1 is 1.28 bits per heavy atom. The van der Waals surface area contributed by atoms with Crippen LogP contribution in [-0.4, -0.2) is 4.98 Å². The third kappa shape index (κ3) is 2.47. The summed E-state index contributed by atoms with van der Waals surface area (Å²) < 4.78 is 5.54. The van der Waals surface area contributed by atoms with Gasteiger partial charge in [-0.2, -0.15) is 0 Å². The number of nitrogens with zero attached hydrogens (tertiary/aromatic N) is 1. The highest BCUT2D eigenvalue weighted by Crippen LogP contribution is 2.26. The van der Waals surface area contributed by atoms with E-state index in [1.807, 2.05) is 39.0 Å². The lowest BCUT2D eigenvalue weighted by atomic mass is 10.1. The second kappa shape index (κ2) is 4.72. The van der Waals surface area contributed by atoms with Crippen molar-refractivity contribution in [1.82, 2.24) is 4.98 Å². The molecule has 4 nitrogen and oxygen atoms in total. The fourth-order valence-corrected chi connectivity index (χ4v) is 2.05. The van der Waals surface area contributed by atoms with Gasteiger partial charge >= 0.3 is 0 Å². The van der Waals surface area contributed by atoms with Gasteiger partial charge in [0.05, 0.1) is 11.7 Å². The molecule has 2 aromatic heterocycles. The molecule has 0 aliphatic carbocycles. The normalized spacial score (nSPS) is 12.4. The van der Waals surface area contributed by atoms with E-state index in [9.17, 15) is 0 Å². The van der Waals surface area contributed by atoms with Gasteiger partial charge in [-0.05, 0) is 45.9 Å². The second-order valence-electron chi connectivity index (χ2n) is 4.63. The standard InChI is InChI=1S/C14H19N3O/c1-8-5-6-13(15)14(16-8)17-10(3)12-7-9(2)18-11(12)4/h5-7,10H,15H2,1-4H3,(H,16,17). The molecule has 0 saturated carbocycles. The van der Waals surface area contributed by atoms with E-state index >= 15 is 0 Å². The molecule has 0 aromatic carbocycles. The third-order valence-corrected chi connectivity index (χ3v) is 2.96. The number of nitrogens with one attached hydrogen (secondary N) is 1. The topological polar surface area (TPSA) is 64.1 Å². The minimum Gasteiger partial charge on any atom is -0.466 e. The predicted molar refractivity (Wildman–Crippen MR) is 73.6 cm³/mol. The highest BCUT2D eigenvalue weighted by atomic mass is 16.3. The predicted octanol–water partition coefficient (Wildman–Crippen LogP) is 3.36. The van der Waals surface area contributed by atoms with E-state index in [0.29, 0.717) is 5.69 Å². The monoisotopic (exact) mass is 245 g/mol. The number of hydrogen-bond acceptors (Lipinski definition) is 4. The van der Waals surface area contributed by atoms with Crippen LogP contribution < -0.4 is 11.1 Å². The Labute approximate surface area is 107 Å². The van der Waals surface area contributed by atoms with Crippen LogP contribution in [0.15, 0.2) is 22.6 Å². The zero-order valence-electron chi connectivity index (χ0n) is 11.2. The molecule has 0 radical (unpaired) electrons. The van der Waals surface area contributed by atoms with E-state index in [4.69, 9.17) is 10.2 Å². The highest BCUT2D eigenvalue weighted by Gasteiger charge is 2.14. The van der Waals surface area contributed by atoms with Gasteiger partial charge in [0.15, 0.2) is 0 Å². The fourth-order valence-electron chi connectivity index (χ4n) is 2.05. The van der Waals surface area contributed by atoms with Crippen LogP contribution in [0, 0.1) is 20.8 Å². The summed E-state index contributed by atoms with van der Waals surface area (Å²) in [5.41, 5.74) is 8.65. The van der Waals surface area contributed by atoms with Crippen molar-refractivity contribution in [3.8, 4) is 0 Å². The van der Waals surface area contributed by atoms with E-state index in [0.717, 1.165) is 28.6 Å². The maximum atomic E-state index is 5.91. The molecule has 1 atom stereocenters. The number of aromatic nitrogens is 1. The summed E-state index contributed by atoms with van der Waals surface area (Å²) in [6.07, 6.45) is 0. The van der Waals surface area contributed by atoms with Crippen LogP contribution in [0.2, 0.25) is 0 Å². The van der Waals surface area contributed by atoms with Crippen LogP contribution in [0.4, 0.5) is 11.5 Å². The van der Waals surface area contributed by atoms with Crippen LogP contribution >= 0.6 is 0 Å². The molecule has 3 N–H and O–H groups in total. The Kier molecular flexibility index (Phi) is 3.28. The first-order chi connectivity index (χ1) is 8.47. The first-order valence-electron chi connectivity index (χ1n) is 6.04. The average Bonchev–Trinajstić information content (AvgIpc) is 2.63. The second-order valence-corrected chi connectivity index (χ2v) is 4.63. The number of furan rings is 1. The van der Waals surface area contributed by atoms with Crippen LogP contribution in [0.1, 0.15) is 35.7 Å².